The second-order valence-corrected chi connectivity index (χ2v) is 3.89. The molecule has 0 bridgehead atoms. The second-order valence-electron chi connectivity index (χ2n) is 3.89. The third-order valence-electron chi connectivity index (χ3n) is 2.69. The number of carbonyl (C=O) groups is 1. The van der Waals surface area contributed by atoms with Crippen molar-refractivity contribution in [3.8, 4) is 0 Å². The first-order chi connectivity index (χ1) is 8.19. The highest BCUT2D eigenvalue weighted by Crippen LogP contribution is 2.15. The molecule has 1 saturated heterocycles. The van der Waals surface area contributed by atoms with E-state index in [1.807, 2.05) is 0 Å². The van der Waals surface area contributed by atoms with Gasteiger partial charge in [0.15, 0.2) is 0 Å². The maximum absolute atomic E-state index is 12.9. The van der Waals surface area contributed by atoms with Crippen LogP contribution in [0.5, 0.6) is 0 Å². The van der Waals surface area contributed by atoms with Crippen LogP contribution in [0, 0.1) is 5.95 Å². The van der Waals surface area contributed by atoms with Gasteiger partial charge >= 0.3 is 6.09 Å². The van der Waals surface area contributed by atoms with Crippen LogP contribution in [-0.2, 0) is 4.74 Å². The summed E-state index contributed by atoms with van der Waals surface area (Å²) in [7, 11) is 1.36. The number of aromatic nitrogens is 1. The van der Waals surface area contributed by atoms with Gasteiger partial charge in [0, 0.05) is 19.1 Å². The maximum atomic E-state index is 12.9. The first kappa shape index (κ1) is 11.6. The van der Waals surface area contributed by atoms with Gasteiger partial charge in [-0.15, -0.1) is 0 Å². The molecule has 1 aliphatic rings. The lowest BCUT2D eigenvalue weighted by molar-refractivity contribution is 0.133. The molecule has 92 valence electrons. The minimum absolute atomic E-state index is 0.0865. The Hall–Kier alpha value is -1.85. The van der Waals surface area contributed by atoms with Crippen molar-refractivity contribution in [2.45, 2.75) is 12.5 Å². The summed E-state index contributed by atoms with van der Waals surface area (Å²) in [5.74, 6) is -0.0282. The Morgan fingerprint density at radius 2 is 2.47 bits per heavy atom. The van der Waals surface area contributed by atoms with E-state index in [0.29, 0.717) is 18.9 Å². The van der Waals surface area contributed by atoms with E-state index in [4.69, 9.17) is 0 Å². The number of hydrogen-bond acceptors (Lipinski definition) is 4. The third-order valence-corrected chi connectivity index (χ3v) is 2.69. The molecular formula is C11H14FN3O2. The van der Waals surface area contributed by atoms with E-state index in [1.165, 1.54) is 13.2 Å². The minimum Gasteiger partial charge on any atom is -0.453 e. The quantitative estimate of drug-likeness (QED) is 0.794. The van der Waals surface area contributed by atoms with Gasteiger partial charge in [-0.1, -0.05) is 6.07 Å². The fraction of sp³-hybridized carbons (Fsp3) is 0.455. The van der Waals surface area contributed by atoms with E-state index in [2.05, 4.69) is 15.0 Å². The van der Waals surface area contributed by atoms with E-state index < -0.39 is 5.95 Å². The standard InChI is InChI=1S/C11H14FN3O2/c1-17-11(16)15-6-5-8(7-15)13-10-4-2-3-9(12)14-10/h2-4,8H,5-7H2,1H3,(H,13,14). The zero-order valence-electron chi connectivity index (χ0n) is 9.52. The molecule has 2 rings (SSSR count). The number of anilines is 1. The van der Waals surface area contributed by atoms with Gasteiger partial charge in [-0.3, -0.25) is 0 Å². The maximum Gasteiger partial charge on any atom is 0.409 e. The van der Waals surface area contributed by atoms with Gasteiger partial charge in [0.1, 0.15) is 5.82 Å². The van der Waals surface area contributed by atoms with Crippen molar-refractivity contribution in [1.29, 1.82) is 0 Å². The molecule has 0 aliphatic carbocycles. The van der Waals surface area contributed by atoms with Crippen LogP contribution < -0.4 is 5.32 Å². The molecule has 0 saturated carbocycles. The molecule has 5 nitrogen and oxygen atoms in total. The smallest absolute Gasteiger partial charge is 0.409 e. The Morgan fingerprint density at radius 3 is 3.18 bits per heavy atom. The summed E-state index contributed by atoms with van der Waals surface area (Å²) in [6.45, 7) is 1.19. The number of pyridine rings is 1. The molecule has 0 aromatic carbocycles. The summed E-state index contributed by atoms with van der Waals surface area (Å²) in [5, 5.41) is 3.09. The van der Waals surface area contributed by atoms with Crippen LogP contribution in [0.2, 0.25) is 0 Å². The molecule has 17 heavy (non-hydrogen) atoms. The first-order valence-electron chi connectivity index (χ1n) is 5.41. The van der Waals surface area contributed by atoms with E-state index in [1.54, 1.807) is 17.0 Å². The number of amides is 1. The van der Waals surface area contributed by atoms with Crippen molar-refractivity contribution in [2.75, 3.05) is 25.5 Å². The number of halogens is 1. The normalized spacial score (nSPS) is 19.2. The predicted octanol–water partition coefficient (Wildman–Crippen LogP) is 1.47. The predicted molar refractivity (Wildman–Crippen MR) is 60.2 cm³/mol. The number of ether oxygens (including phenoxy) is 1. The fourth-order valence-electron chi connectivity index (χ4n) is 1.87. The van der Waals surface area contributed by atoms with Crippen LogP contribution >= 0.6 is 0 Å². The number of nitrogens with one attached hydrogen (secondary N) is 1. The third kappa shape index (κ3) is 2.83. The molecule has 1 aromatic heterocycles. The second kappa shape index (κ2) is 4.99. The van der Waals surface area contributed by atoms with Crippen molar-refractivity contribution >= 4 is 11.9 Å². The summed E-state index contributed by atoms with van der Waals surface area (Å²) >= 11 is 0. The van der Waals surface area contributed by atoms with Gasteiger partial charge in [-0.25, -0.2) is 9.78 Å². The van der Waals surface area contributed by atoms with E-state index in [-0.39, 0.29) is 12.1 Å². The van der Waals surface area contributed by atoms with Crippen molar-refractivity contribution < 1.29 is 13.9 Å². The number of hydrogen-bond donors (Lipinski definition) is 1. The van der Waals surface area contributed by atoms with Crippen molar-refractivity contribution in [1.82, 2.24) is 9.88 Å². The van der Waals surface area contributed by atoms with Crippen LogP contribution in [0.25, 0.3) is 0 Å². The monoisotopic (exact) mass is 239 g/mol. The van der Waals surface area contributed by atoms with Gasteiger partial charge in [-0.2, -0.15) is 4.39 Å². The molecule has 0 radical (unpaired) electrons. The van der Waals surface area contributed by atoms with Crippen LogP contribution in [0.15, 0.2) is 18.2 Å². The Kier molecular flexibility index (Phi) is 3.41. The van der Waals surface area contributed by atoms with Gasteiger partial charge in [-0.05, 0) is 18.6 Å². The highest BCUT2D eigenvalue weighted by Gasteiger charge is 2.26. The van der Waals surface area contributed by atoms with Crippen molar-refractivity contribution in [3.63, 3.8) is 0 Å². The van der Waals surface area contributed by atoms with Crippen molar-refractivity contribution in [2.24, 2.45) is 0 Å². The van der Waals surface area contributed by atoms with Gasteiger partial charge in [0.05, 0.1) is 7.11 Å². The lowest BCUT2D eigenvalue weighted by Crippen LogP contribution is -2.31. The van der Waals surface area contributed by atoms with E-state index in [0.717, 1.165) is 6.42 Å². The average Bonchev–Trinajstić information content (AvgIpc) is 2.76. The van der Waals surface area contributed by atoms with E-state index in [9.17, 15) is 9.18 Å². The Labute approximate surface area is 98.6 Å². The van der Waals surface area contributed by atoms with E-state index >= 15 is 0 Å². The number of nitrogens with zero attached hydrogens (tertiary/aromatic N) is 2. The van der Waals surface area contributed by atoms with Crippen molar-refractivity contribution in [3.05, 3.63) is 24.1 Å². The molecule has 1 aromatic rings. The topological polar surface area (TPSA) is 54.5 Å². The number of carbonyl (C=O) groups excluding carboxylic acids is 1. The van der Waals surface area contributed by atoms with Crippen LogP contribution in [0.1, 0.15) is 6.42 Å². The number of rotatable bonds is 2. The molecule has 1 N–H and O–H groups in total. The van der Waals surface area contributed by atoms with Crippen LogP contribution in [0.4, 0.5) is 15.0 Å². The summed E-state index contributed by atoms with van der Waals surface area (Å²) in [6.07, 6.45) is 0.467. The molecule has 1 aliphatic heterocycles. The SMILES string of the molecule is COC(=O)N1CCC(Nc2cccc(F)n2)C1. The summed E-state index contributed by atoms with van der Waals surface area (Å²) in [4.78, 5) is 16.6. The summed E-state index contributed by atoms with van der Waals surface area (Å²) in [6, 6.07) is 4.67. The number of likely N-dealkylation sites (tertiary alicyclic amines) is 1. The lowest BCUT2D eigenvalue weighted by Gasteiger charge is -2.15. The minimum atomic E-state index is -0.516. The highest BCUT2D eigenvalue weighted by atomic mass is 19.1. The molecule has 1 unspecified atom stereocenters. The summed E-state index contributed by atoms with van der Waals surface area (Å²) in [5.41, 5.74) is 0. The van der Waals surface area contributed by atoms with Gasteiger partial charge in [0.25, 0.3) is 0 Å². The Morgan fingerprint density at radius 1 is 1.65 bits per heavy atom. The molecule has 2 heterocycles. The molecule has 6 heteroatoms. The molecule has 1 atom stereocenters. The number of methoxy groups -OCH3 is 1. The lowest BCUT2D eigenvalue weighted by atomic mass is 10.2. The molecular weight excluding hydrogens is 225 g/mol. The largest absolute Gasteiger partial charge is 0.453 e. The van der Waals surface area contributed by atoms with Crippen LogP contribution in [0.3, 0.4) is 0 Å². The Balaban J connectivity index is 1.92. The molecule has 0 spiro atoms. The fourth-order valence-corrected chi connectivity index (χ4v) is 1.87. The zero-order chi connectivity index (χ0) is 12.3. The van der Waals surface area contributed by atoms with Gasteiger partial charge < -0.3 is 15.0 Å². The molecule has 1 fully saturated rings. The highest BCUT2D eigenvalue weighted by molar-refractivity contribution is 5.68. The molecule has 1 amide bonds. The Bertz CT molecular complexity index is 413. The zero-order valence-corrected chi connectivity index (χ0v) is 9.52. The van der Waals surface area contributed by atoms with Gasteiger partial charge in [0.2, 0.25) is 5.95 Å². The first-order valence-corrected chi connectivity index (χ1v) is 5.41. The van der Waals surface area contributed by atoms with Crippen LogP contribution in [-0.4, -0.2) is 42.2 Å². The average molecular weight is 239 g/mol. The summed E-state index contributed by atoms with van der Waals surface area (Å²) < 4.78 is 17.5.